The molecular weight excluding hydrogens is 414 g/mol. The van der Waals surface area contributed by atoms with E-state index in [4.69, 9.17) is 4.52 Å². The smallest absolute Gasteiger partial charge is 0.366 e. The van der Waals surface area contributed by atoms with Crippen molar-refractivity contribution in [2.45, 2.75) is 13.1 Å². The van der Waals surface area contributed by atoms with Crippen molar-refractivity contribution in [3.05, 3.63) is 71.2 Å². The number of benzene rings is 2. The standard InChI is InChI=1S/C22H19F4N3O2/c1-14-19(20(27-31-14)15-6-2-3-7-16(15)22(24,25)26)21(30)29-12-10-28(11-13-29)18-9-5-4-8-17(18)23/h2-9H,10-13H2,1H3. The van der Waals surface area contributed by atoms with Crippen LogP contribution >= 0.6 is 0 Å². The molecule has 4 rings (SSSR count). The maximum absolute atomic E-state index is 14.0. The van der Waals surface area contributed by atoms with Crippen LogP contribution in [0.25, 0.3) is 11.3 Å². The average molecular weight is 433 g/mol. The SMILES string of the molecule is Cc1onc(-c2ccccc2C(F)(F)F)c1C(=O)N1CCN(c2ccccc2F)CC1. The van der Waals surface area contributed by atoms with E-state index in [1.807, 2.05) is 4.90 Å². The van der Waals surface area contributed by atoms with Gasteiger partial charge in [0.2, 0.25) is 0 Å². The van der Waals surface area contributed by atoms with Crippen molar-refractivity contribution in [1.82, 2.24) is 10.1 Å². The van der Waals surface area contributed by atoms with Gasteiger partial charge in [-0.2, -0.15) is 13.2 Å². The third kappa shape index (κ3) is 3.99. The van der Waals surface area contributed by atoms with Crippen LogP contribution in [-0.2, 0) is 6.18 Å². The number of para-hydroxylation sites is 1. The number of carbonyl (C=O) groups excluding carboxylic acids is 1. The fourth-order valence-corrected chi connectivity index (χ4v) is 3.76. The molecule has 0 aliphatic carbocycles. The molecule has 0 N–H and O–H groups in total. The summed E-state index contributed by atoms with van der Waals surface area (Å²) < 4.78 is 59.6. The van der Waals surface area contributed by atoms with Crippen LogP contribution in [-0.4, -0.2) is 42.1 Å². The summed E-state index contributed by atoms with van der Waals surface area (Å²) in [5.41, 5.74) is -0.763. The van der Waals surface area contributed by atoms with Crippen molar-refractivity contribution in [3.63, 3.8) is 0 Å². The molecule has 1 aromatic heterocycles. The summed E-state index contributed by atoms with van der Waals surface area (Å²) in [6.45, 7) is 2.86. The predicted octanol–water partition coefficient (Wildman–Crippen LogP) is 4.77. The second-order valence-corrected chi connectivity index (χ2v) is 7.24. The third-order valence-electron chi connectivity index (χ3n) is 5.32. The molecule has 0 unspecified atom stereocenters. The highest BCUT2D eigenvalue weighted by Gasteiger charge is 2.36. The molecule has 0 radical (unpaired) electrons. The van der Waals surface area contributed by atoms with E-state index in [1.165, 1.54) is 36.1 Å². The summed E-state index contributed by atoms with van der Waals surface area (Å²) in [4.78, 5) is 16.6. The highest BCUT2D eigenvalue weighted by molar-refractivity contribution is 6.01. The minimum Gasteiger partial charge on any atom is -0.366 e. The second-order valence-electron chi connectivity index (χ2n) is 7.24. The lowest BCUT2D eigenvalue weighted by Gasteiger charge is -2.36. The zero-order chi connectivity index (χ0) is 22.2. The molecule has 1 amide bonds. The molecule has 0 atom stereocenters. The zero-order valence-corrected chi connectivity index (χ0v) is 16.6. The van der Waals surface area contributed by atoms with Crippen LogP contribution in [0.4, 0.5) is 23.2 Å². The van der Waals surface area contributed by atoms with Gasteiger partial charge in [-0.3, -0.25) is 4.79 Å². The highest BCUT2D eigenvalue weighted by Crippen LogP contribution is 2.38. The van der Waals surface area contributed by atoms with E-state index in [0.29, 0.717) is 18.8 Å². The molecule has 5 nitrogen and oxygen atoms in total. The number of hydrogen-bond acceptors (Lipinski definition) is 4. The second kappa shape index (κ2) is 8.05. The van der Waals surface area contributed by atoms with E-state index in [-0.39, 0.29) is 41.5 Å². The number of hydrogen-bond donors (Lipinski definition) is 0. The fourth-order valence-electron chi connectivity index (χ4n) is 3.76. The number of anilines is 1. The van der Waals surface area contributed by atoms with Crippen molar-refractivity contribution in [3.8, 4) is 11.3 Å². The Morgan fingerprint density at radius 3 is 2.32 bits per heavy atom. The summed E-state index contributed by atoms with van der Waals surface area (Å²) >= 11 is 0. The normalized spacial score (nSPS) is 14.7. The Morgan fingerprint density at radius 1 is 1.00 bits per heavy atom. The average Bonchev–Trinajstić information content (AvgIpc) is 3.14. The first-order valence-electron chi connectivity index (χ1n) is 9.69. The van der Waals surface area contributed by atoms with Gasteiger partial charge in [0, 0.05) is 31.7 Å². The largest absolute Gasteiger partial charge is 0.417 e. The van der Waals surface area contributed by atoms with E-state index in [0.717, 1.165) is 6.07 Å². The van der Waals surface area contributed by atoms with Gasteiger partial charge in [-0.05, 0) is 25.1 Å². The monoisotopic (exact) mass is 433 g/mol. The summed E-state index contributed by atoms with van der Waals surface area (Å²) in [6, 6.07) is 11.3. The number of alkyl halides is 3. The summed E-state index contributed by atoms with van der Waals surface area (Å²) in [5, 5.41) is 3.77. The van der Waals surface area contributed by atoms with Gasteiger partial charge in [-0.25, -0.2) is 4.39 Å². The maximum Gasteiger partial charge on any atom is 0.417 e. The van der Waals surface area contributed by atoms with Gasteiger partial charge in [-0.15, -0.1) is 0 Å². The Kier molecular flexibility index (Phi) is 5.43. The maximum atomic E-state index is 14.0. The number of piperazine rings is 1. The van der Waals surface area contributed by atoms with E-state index in [9.17, 15) is 22.4 Å². The van der Waals surface area contributed by atoms with Gasteiger partial charge in [0.1, 0.15) is 22.8 Å². The van der Waals surface area contributed by atoms with Gasteiger partial charge in [-0.1, -0.05) is 35.5 Å². The van der Waals surface area contributed by atoms with Gasteiger partial charge >= 0.3 is 6.18 Å². The first kappa shape index (κ1) is 20.9. The molecule has 31 heavy (non-hydrogen) atoms. The van der Waals surface area contributed by atoms with Crippen molar-refractivity contribution < 1.29 is 26.9 Å². The van der Waals surface area contributed by atoms with E-state index in [1.54, 1.807) is 18.2 Å². The van der Waals surface area contributed by atoms with Crippen LogP contribution in [0.2, 0.25) is 0 Å². The first-order valence-corrected chi connectivity index (χ1v) is 9.69. The molecule has 1 aliphatic rings. The Labute approximate surface area is 175 Å². The third-order valence-corrected chi connectivity index (χ3v) is 5.32. The van der Waals surface area contributed by atoms with Crippen LogP contribution in [0.3, 0.4) is 0 Å². The molecule has 2 heterocycles. The molecule has 3 aromatic rings. The quantitative estimate of drug-likeness (QED) is 0.559. The van der Waals surface area contributed by atoms with Crippen molar-refractivity contribution >= 4 is 11.6 Å². The zero-order valence-electron chi connectivity index (χ0n) is 16.6. The fraction of sp³-hybridized carbons (Fsp3) is 0.273. The lowest BCUT2D eigenvalue weighted by molar-refractivity contribution is -0.137. The van der Waals surface area contributed by atoms with Crippen molar-refractivity contribution in [1.29, 1.82) is 0 Å². The number of aryl methyl sites for hydroxylation is 1. The number of rotatable bonds is 3. The van der Waals surface area contributed by atoms with E-state index < -0.39 is 17.6 Å². The topological polar surface area (TPSA) is 49.6 Å². The predicted molar refractivity (Wildman–Crippen MR) is 106 cm³/mol. The molecule has 1 saturated heterocycles. The van der Waals surface area contributed by atoms with Crippen LogP contribution < -0.4 is 4.90 Å². The van der Waals surface area contributed by atoms with Crippen LogP contribution in [0, 0.1) is 12.7 Å². The number of carbonyl (C=O) groups is 1. The number of aromatic nitrogens is 1. The molecular formula is C22H19F4N3O2. The summed E-state index contributed by atoms with van der Waals surface area (Å²) in [5.74, 6) is -0.657. The molecule has 2 aromatic carbocycles. The molecule has 1 fully saturated rings. The Hall–Kier alpha value is -3.36. The number of halogens is 4. The van der Waals surface area contributed by atoms with Crippen molar-refractivity contribution in [2.75, 3.05) is 31.1 Å². The minimum absolute atomic E-state index is 0.0102. The van der Waals surface area contributed by atoms with Crippen molar-refractivity contribution in [2.24, 2.45) is 0 Å². The van der Waals surface area contributed by atoms with Gasteiger partial charge in [0.25, 0.3) is 5.91 Å². The Balaban J connectivity index is 1.59. The van der Waals surface area contributed by atoms with Gasteiger partial charge < -0.3 is 14.3 Å². The minimum atomic E-state index is -4.60. The van der Waals surface area contributed by atoms with Gasteiger partial charge in [0.15, 0.2) is 0 Å². The molecule has 9 heteroatoms. The molecule has 0 bridgehead atoms. The summed E-state index contributed by atoms with van der Waals surface area (Å²) in [7, 11) is 0. The lowest BCUT2D eigenvalue weighted by atomic mass is 9.99. The van der Waals surface area contributed by atoms with E-state index in [2.05, 4.69) is 5.16 Å². The van der Waals surface area contributed by atoms with Crippen LogP contribution in [0.15, 0.2) is 53.1 Å². The molecule has 162 valence electrons. The summed E-state index contributed by atoms with van der Waals surface area (Å²) in [6.07, 6.45) is -4.60. The number of nitrogens with zero attached hydrogens (tertiary/aromatic N) is 3. The molecule has 1 aliphatic heterocycles. The van der Waals surface area contributed by atoms with Gasteiger partial charge in [0.05, 0.1) is 11.3 Å². The molecule has 0 saturated carbocycles. The van der Waals surface area contributed by atoms with E-state index >= 15 is 0 Å². The number of amides is 1. The Morgan fingerprint density at radius 2 is 1.65 bits per heavy atom. The Bertz CT molecular complexity index is 1100. The highest BCUT2D eigenvalue weighted by atomic mass is 19.4. The first-order chi connectivity index (χ1) is 14.8. The van der Waals surface area contributed by atoms with Crippen LogP contribution in [0.5, 0.6) is 0 Å². The lowest BCUT2D eigenvalue weighted by Crippen LogP contribution is -2.49. The molecule has 0 spiro atoms. The van der Waals surface area contributed by atoms with Crippen LogP contribution in [0.1, 0.15) is 21.7 Å².